The van der Waals surface area contributed by atoms with Crippen LogP contribution < -0.4 is 5.73 Å². The van der Waals surface area contributed by atoms with Gasteiger partial charge in [0.25, 0.3) is 0 Å². The third-order valence-corrected chi connectivity index (χ3v) is 2.81. The molecule has 3 heteroatoms. The number of nitrogens with two attached hydrogens (primary N) is 1. The molecule has 0 aliphatic rings. The number of benzene rings is 1. The summed E-state index contributed by atoms with van der Waals surface area (Å²) in [5.74, 6) is 0.654. The molecule has 0 saturated carbocycles. The van der Waals surface area contributed by atoms with Crippen LogP contribution in [0.2, 0.25) is 0 Å². The number of nitrogen functional groups attached to an aromatic ring is 1. The van der Waals surface area contributed by atoms with Crippen LogP contribution in [-0.2, 0) is 11.2 Å². The Morgan fingerprint density at radius 3 is 2.44 bits per heavy atom. The van der Waals surface area contributed by atoms with Gasteiger partial charge in [-0.25, -0.2) is 0 Å². The zero-order chi connectivity index (χ0) is 13.7. The van der Waals surface area contributed by atoms with Gasteiger partial charge >= 0.3 is 0 Å². The molecule has 0 aromatic heterocycles. The molecule has 100 valence electrons. The van der Waals surface area contributed by atoms with Crippen LogP contribution in [0.4, 0.5) is 5.69 Å². The average molecular weight is 248 g/mol. The lowest BCUT2D eigenvalue weighted by Gasteiger charge is -2.28. The first kappa shape index (κ1) is 14.6. The molecule has 0 spiro atoms. The van der Waals surface area contributed by atoms with E-state index < -0.39 is 0 Å². The minimum atomic E-state index is 0.171. The van der Waals surface area contributed by atoms with Crippen LogP contribution in [-0.4, -0.2) is 23.4 Å². The summed E-state index contributed by atoms with van der Waals surface area (Å²) < 4.78 is 0. The van der Waals surface area contributed by atoms with Gasteiger partial charge in [-0.3, -0.25) is 4.79 Å². The first-order valence-electron chi connectivity index (χ1n) is 6.54. The average Bonchev–Trinajstić information content (AvgIpc) is 2.25. The van der Waals surface area contributed by atoms with Crippen molar-refractivity contribution in [1.29, 1.82) is 0 Å². The maximum absolute atomic E-state index is 12.3. The highest BCUT2D eigenvalue weighted by Crippen LogP contribution is 2.11. The van der Waals surface area contributed by atoms with Gasteiger partial charge in [-0.2, -0.15) is 0 Å². The summed E-state index contributed by atoms with van der Waals surface area (Å²) >= 11 is 0. The molecule has 1 amide bonds. The van der Waals surface area contributed by atoms with Gasteiger partial charge in [0.15, 0.2) is 0 Å². The topological polar surface area (TPSA) is 46.3 Å². The molecule has 0 aliphatic heterocycles. The Balaban J connectivity index is 2.72. The molecule has 0 fully saturated rings. The van der Waals surface area contributed by atoms with E-state index >= 15 is 0 Å². The van der Waals surface area contributed by atoms with E-state index in [0.717, 1.165) is 12.1 Å². The standard InChI is InChI=1S/C15H24N2O/c1-11(2)10-17(12(3)4)15(18)9-13-6-5-7-14(16)8-13/h5-8,11-12H,9-10,16H2,1-4H3. The molecule has 0 unspecified atom stereocenters. The number of hydrogen-bond acceptors (Lipinski definition) is 2. The van der Waals surface area contributed by atoms with Crippen molar-refractivity contribution in [2.75, 3.05) is 12.3 Å². The normalized spacial score (nSPS) is 11.0. The van der Waals surface area contributed by atoms with E-state index in [1.807, 2.05) is 29.2 Å². The second kappa shape index (κ2) is 6.43. The summed E-state index contributed by atoms with van der Waals surface area (Å²) in [7, 11) is 0. The fourth-order valence-corrected chi connectivity index (χ4v) is 1.97. The number of carbonyl (C=O) groups excluding carboxylic acids is 1. The largest absolute Gasteiger partial charge is 0.399 e. The summed E-state index contributed by atoms with van der Waals surface area (Å²) in [5, 5.41) is 0. The third kappa shape index (κ3) is 4.40. The van der Waals surface area contributed by atoms with Crippen molar-refractivity contribution in [1.82, 2.24) is 4.90 Å². The van der Waals surface area contributed by atoms with Crippen molar-refractivity contribution in [2.45, 2.75) is 40.2 Å². The molecular weight excluding hydrogens is 224 g/mol. The number of amides is 1. The van der Waals surface area contributed by atoms with Crippen molar-refractivity contribution in [3.8, 4) is 0 Å². The second-order valence-corrected chi connectivity index (χ2v) is 5.46. The predicted octanol–water partition coefficient (Wildman–Crippen LogP) is 2.70. The number of carbonyl (C=O) groups is 1. The molecule has 0 atom stereocenters. The number of hydrogen-bond donors (Lipinski definition) is 1. The van der Waals surface area contributed by atoms with Gasteiger partial charge in [0.05, 0.1) is 6.42 Å². The first-order chi connectivity index (χ1) is 8.40. The van der Waals surface area contributed by atoms with Gasteiger partial charge in [-0.15, -0.1) is 0 Å². The van der Waals surface area contributed by atoms with Gasteiger partial charge in [-0.05, 0) is 37.5 Å². The van der Waals surface area contributed by atoms with Gasteiger partial charge in [0.1, 0.15) is 0 Å². The van der Waals surface area contributed by atoms with Crippen LogP contribution >= 0.6 is 0 Å². The molecule has 0 aliphatic carbocycles. The Morgan fingerprint density at radius 1 is 1.28 bits per heavy atom. The molecule has 2 N–H and O–H groups in total. The molecule has 18 heavy (non-hydrogen) atoms. The van der Waals surface area contributed by atoms with Crippen LogP contribution in [0.15, 0.2) is 24.3 Å². The highest BCUT2D eigenvalue weighted by Gasteiger charge is 2.18. The predicted molar refractivity (Wildman–Crippen MR) is 76.2 cm³/mol. The highest BCUT2D eigenvalue weighted by atomic mass is 16.2. The summed E-state index contributed by atoms with van der Waals surface area (Å²) in [6.07, 6.45) is 0.427. The zero-order valence-corrected chi connectivity index (χ0v) is 11.8. The number of anilines is 1. The van der Waals surface area contributed by atoms with Crippen molar-refractivity contribution in [3.05, 3.63) is 29.8 Å². The monoisotopic (exact) mass is 248 g/mol. The second-order valence-electron chi connectivity index (χ2n) is 5.46. The van der Waals surface area contributed by atoms with E-state index in [4.69, 9.17) is 5.73 Å². The Morgan fingerprint density at radius 2 is 1.94 bits per heavy atom. The van der Waals surface area contributed by atoms with Crippen LogP contribution in [0.25, 0.3) is 0 Å². The molecule has 1 rings (SSSR count). The lowest BCUT2D eigenvalue weighted by molar-refractivity contribution is -0.132. The molecule has 1 aromatic rings. The van der Waals surface area contributed by atoms with E-state index in [1.165, 1.54) is 0 Å². The van der Waals surface area contributed by atoms with Crippen LogP contribution in [0.3, 0.4) is 0 Å². The minimum absolute atomic E-state index is 0.171. The van der Waals surface area contributed by atoms with Crippen molar-refractivity contribution in [2.24, 2.45) is 5.92 Å². The molecule has 0 saturated heterocycles. The maximum atomic E-state index is 12.3. The van der Waals surface area contributed by atoms with Crippen LogP contribution in [0.1, 0.15) is 33.3 Å². The Kier molecular flexibility index (Phi) is 5.20. The summed E-state index contributed by atoms with van der Waals surface area (Å²) in [4.78, 5) is 14.2. The SMILES string of the molecule is CC(C)CN(C(=O)Cc1cccc(N)c1)C(C)C. The van der Waals surface area contributed by atoms with E-state index in [0.29, 0.717) is 18.0 Å². The molecule has 1 aromatic carbocycles. The lowest BCUT2D eigenvalue weighted by atomic mass is 10.1. The van der Waals surface area contributed by atoms with Crippen LogP contribution in [0.5, 0.6) is 0 Å². The summed E-state index contributed by atoms with van der Waals surface area (Å²) in [6.45, 7) is 9.17. The lowest BCUT2D eigenvalue weighted by Crippen LogP contribution is -2.40. The summed E-state index contributed by atoms with van der Waals surface area (Å²) in [5.41, 5.74) is 7.42. The Bertz CT molecular complexity index is 399. The van der Waals surface area contributed by atoms with Gasteiger partial charge in [0, 0.05) is 18.3 Å². The fourth-order valence-electron chi connectivity index (χ4n) is 1.97. The Labute approximate surface area is 110 Å². The quantitative estimate of drug-likeness (QED) is 0.814. The molecule has 0 bridgehead atoms. The molecule has 0 radical (unpaired) electrons. The minimum Gasteiger partial charge on any atom is -0.399 e. The van der Waals surface area contributed by atoms with Crippen molar-refractivity contribution in [3.63, 3.8) is 0 Å². The van der Waals surface area contributed by atoms with Gasteiger partial charge < -0.3 is 10.6 Å². The van der Waals surface area contributed by atoms with Crippen molar-refractivity contribution < 1.29 is 4.79 Å². The highest BCUT2D eigenvalue weighted by molar-refractivity contribution is 5.79. The van der Waals surface area contributed by atoms with Gasteiger partial charge in [-0.1, -0.05) is 26.0 Å². The zero-order valence-electron chi connectivity index (χ0n) is 11.8. The molecular formula is C15H24N2O. The molecule has 3 nitrogen and oxygen atoms in total. The fraction of sp³-hybridized carbons (Fsp3) is 0.533. The maximum Gasteiger partial charge on any atom is 0.227 e. The van der Waals surface area contributed by atoms with Crippen LogP contribution in [0, 0.1) is 5.92 Å². The number of rotatable bonds is 5. The van der Waals surface area contributed by atoms with Crippen molar-refractivity contribution >= 4 is 11.6 Å². The van der Waals surface area contributed by atoms with E-state index in [9.17, 15) is 4.79 Å². The van der Waals surface area contributed by atoms with E-state index in [1.54, 1.807) is 0 Å². The van der Waals surface area contributed by atoms with Gasteiger partial charge in [0.2, 0.25) is 5.91 Å². The summed E-state index contributed by atoms with van der Waals surface area (Å²) in [6, 6.07) is 7.78. The number of nitrogens with zero attached hydrogens (tertiary/aromatic N) is 1. The smallest absolute Gasteiger partial charge is 0.227 e. The van der Waals surface area contributed by atoms with E-state index in [2.05, 4.69) is 27.7 Å². The third-order valence-electron chi connectivity index (χ3n) is 2.81. The van der Waals surface area contributed by atoms with E-state index in [-0.39, 0.29) is 11.9 Å². The Hall–Kier alpha value is -1.51. The molecule has 0 heterocycles. The first-order valence-corrected chi connectivity index (χ1v) is 6.54.